The van der Waals surface area contributed by atoms with Gasteiger partial charge in [-0.25, -0.2) is 4.39 Å². The molecule has 2 atom stereocenters. The van der Waals surface area contributed by atoms with Gasteiger partial charge in [0, 0.05) is 49.1 Å². The maximum Gasteiger partial charge on any atom is 0.321 e. The number of anilines is 1. The van der Waals surface area contributed by atoms with Gasteiger partial charge >= 0.3 is 6.01 Å². The Morgan fingerprint density at radius 2 is 2.07 bits per heavy atom. The van der Waals surface area contributed by atoms with Gasteiger partial charge in [0.2, 0.25) is 5.88 Å². The fourth-order valence-corrected chi connectivity index (χ4v) is 6.18. The number of hydrogen-bond donors (Lipinski definition) is 1. The highest BCUT2D eigenvalue weighted by Gasteiger charge is 2.34. The molecule has 0 spiro atoms. The Morgan fingerprint density at radius 1 is 1.24 bits per heavy atom. The van der Waals surface area contributed by atoms with Crippen LogP contribution in [0.5, 0.6) is 11.9 Å². The highest BCUT2D eigenvalue weighted by molar-refractivity contribution is 5.93. The third-order valence-corrected chi connectivity index (χ3v) is 8.51. The number of H-pyrrole nitrogens is 1. The van der Waals surface area contributed by atoms with Crippen molar-refractivity contribution in [3.63, 3.8) is 0 Å². The van der Waals surface area contributed by atoms with E-state index in [1.54, 1.807) is 0 Å². The first-order chi connectivity index (χ1) is 19.7. The number of nitrogens with one attached hydrogen (secondary N) is 1. The lowest BCUT2D eigenvalue weighted by Gasteiger charge is -2.41. The van der Waals surface area contributed by atoms with Crippen molar-refractivity contribution in [1.29, 1.82) is 0 Å². The Morgan fingerprint density at radius 3 is 2.80 bits per heavy atom. The van der Waals surface area contributed by atoms with Crippen LogP contribution in [-0.4, -0.2) is 87.8 Å². The van der Waals surface area contributed by atoms with E-state index in [-0.39, 0.29) is 12.1 Å². The number of fused-ring (bicyclic) bond motifs is 2. The number of rotatable bonds is 6. The summed E-state index contributed by atoms with van der Waals surface area (Å²) < 4.78 is 26.4. The number of likely N-dealkylation sites (tertiary alicyclic amines) is 1. The molecule has 0 radical (unpaired) electrons. The van der Waals surface area contributed by atoms with Gasteiger partial charge in [0.25, 0.3) is 5.91 Å². The molecule has 11 heteroatoms. The summed E-state index contributed by atoms with van der Waals surface area (Å²) in [6.07, 6.45) is 4.62. The molecule has 1 unspecified atom stereocenters. The number of benzene rings is 1. The molecule has 3 aliphatic heterocycles. The van der Waals surface area contributed by atoms with Crippen molar-refractivity contribution < 1.29 is 18.7 Å². The normalized spacial score (nSPS) is 21.3. The van der Waals surface area contributed by atoms with Crippen LogP contribution in [0.1, 0.15) is 43.4 Å². The van der Waals surface area contributed by atoms with Gasteiger partial charge in [-0.05, 0) is 64.4 Å². The maximum atomic E-state index is 13.6. The molecule has 10 nitrogen and oxygen atoms in total. The molecule has 2 fully saturated rings. The maximum absolute atomic E-state index is 13.6. The molecular weight excluding hydrogens is 525 g/mol. The predicted molar refractivity (Wildman–Crippen MR) is 155 cm³/mol. The van der Waals surface area contributed by atoms with E-state index in [1.807, 2.05) is 19.2 Å². The molecule has 1 amide bonds. The number of halogens is 1. The van der Waals surface area contributed by atoms with Crippen LogP contribution in [0.25, 0.3) is 16.7 Å². The standard InChI is InChI=1S/C30H36FN7O3/c1-17-8-9-24-23(14-32-35-24)25(17)26-18(2)13-22-27(38-12-11-37(15-19(38)3)29(39)20(4)31)33-30(34-28(22)41-26)40-16-21-7-6-10-36(21)5/h8-9,14,19,21H,4,6-7,10-13,15-16H2,1-3,5H3,(H,32,35)/t19-,21?/m0/s1. The van der Waals surface area contributed by atoms with E-state index in [0.29, 0.717) is 44.6 Å². The second kappa shape index (κ2) is 10.8. The van der Waals surface area contributed by atoms with E-state index >= 15 is 0 Å². The molecule has 1 N–H and O–H groups in total. The van der Waals surface area contributed by atoms with E-state index in [9.17, 15) is 9.18 Å². The Labute approximate surface area is 238 Å². The first-order valence-electron chi connectivity index (χ1n) is 14.2. The largest absolute Gasteiger partial charge is 0.462 e. The molecule has 0 bridgehead atoms. The number of aromatic nitrogens is 4. The average Bonchev–Trinajstić information content (AvgIpc) is 3.59. The van der Waals surface area contributed by atoms with Crippen molar-refractivity contribution in [2.45, 2.75) is 52.1 Å². The van der Waals surface area contributed by atoms with Gasteiger partial charge in [-0.3, -0.25) is 9.89 Å². The fourth-order valence-electron chi connectivity index (χ4n) is 6.18. The lowest BCUT2D eigenvalue weighted by atomic mass is 9.95. The van der Waals surface area contributed by atoms with E-state index in [0.717, 1.165) is 64.1 Å². The predicted octanol–water partition coefficient (Wildman–Crippen LogP) is 4.02. The van der Waals surface area contributed by atoms with Gasteiger partial charge in [-0.2, -0.15) is 15.1 Å². The number of carbonyl (C=O) groups is 1. The van der Waals surface area contributed by atoms with Crippen LogP contribution >= 0.6 is 0 Å². The molecule has 3 aromatic rings. The Hall–Kier alpha value is -3.99. The number of aryl methyl sites for hydroxylation is 1. The summed E-state index contributed by atoms with van der Waals surface area (Å²) in [5, 5.41) is 8.28. The number of piperazine rings is 1. The second-order valence-corrected chi connectivity index (χ2v) is 11.4. The van der Waals surface area contributed by atoms with Crippen molar-refractivity contribution in [1.82, 2.24) is 30.0 Å². The molecule has 2 saturated heterocycles. The Bertz CT molecular complexity index is 1550. The number of nitrogens with zero attached hydrogens (tertiary/aromatic N) is 6. The minimum Gasteiger partial charge on any atom is -0.462 e. The number of amides is 1. The first kappa shape index (κ1) is 27.2. The van der Waals surface area contributed by atoms with Crippen molar-refractivity contribution >= 4 is 28.4 Å². The number of aromatic amines is 1. The summed E-state index contributed by atoms with van der Waals surface area (Å²) in [4.78, 5) is 27.9. The van der Waals surface area contributed by atoms with Gasteiger partial charge in [0.1, 0.15) is 18.2 Å². The molecule has 41 heavy (non-hydrogen) atoms. The van der Waals surface area contributed by atoms with Crippen LogP contribution in [0.15, 0.2) is 36.3 Å². The van der Waals surface area contributed by atoms with Crippen molar-refractivity contribution in [2.75, 3.05) is 44.7 Å². The van der Waals surface area contributed by atoms with E-state index < -0.39 is 11.7 Å². The molecular formula is C30H36FN7O3. The number of carbonyl (C=O) groups excluding carboxylic acids is 1. The van der Waals surface area contributed by atoms with Crippen LogP contribution in [0.4, 0.5) is 10.2 Å². The van der Waals surface area contributed by atoms with E-state index in [1.165, 1.54) is 4.90 Å². The van der Waals surface area contributed by atoms with Crippen molar-refractivity contribution in [3.05, 3.63) is 53.0 Å². The topological polar surface area (TPSA) is 99.7 Å². The highest BCUT2D eigenvalue weighted by atomic mass is 19.1. The van der Waals surface area contributed by atoms with Crippen LogP contribution in [0, 0.1) is 6.92 Å². The molecule has 6 rings (SSSR count). The summed E-state index contributed by atoms with van der Waals surface area (Å²) in [6.45, 7) is 12.0. The van der Waals surface area contributed by atoms with Crippen LogP contribution in [0.3, 0.4) is 0 Å². The molecule has 2 aromatic heterocycles. The van der Waals surface area contributed by atoms with Crippen LogP contribution in [-0.2, 0) is 11.2 Å². The smallest absolute Gasteiger partial charge is 0.321 e. The van der Waals surface area contributed by atoms with E-state index in [2.05, 4.69) is 53.5 Å². The lowest BCUT2D eigenvalue weighted by Crippen LogP contribution is -2.54. The number of allylic oxidation sites excluding steroid dienone is 1. The van der Waals surface area contributed by atoms with Gasteiger partial charge in [-0.1, -0.05) is 12.6 Å². The van der Waals surface area contributed by atoms with Gasteiger partial charge in [0.15, 0.2) is 5.83 Å². The molecule has 0 saturated carbocycles. The third kappa shape index (κ3) is 5.03. The van der Waals surface area contributed by atoms with Crippen molar-refractivity contribution in [3.8, 4) is 11.9 Å². The summed E-state index contributed by atoms with van der Waals surface area (Å²) >= 11 is 0. The fraction of sp³-hybridized carbons (Fsp3) is 0.467. The third-order valence-electron chi connectivity index (χ3n) is 8.51. The molecule has 216 valence electrons. The van der Waals surface area contributed by atoms with Crippen molar-refractivity contribution in [2.24, 2.45) is 0 Å². The molecule has 1 aromatic carbocycles. The Balaban J connectivity index is 1.37. The van der Waals surface area contributed by atoms with Gasteiger partial charge in [0.05, 0.1) is 17.3 Å². The number of hydrogen-bond acceptors (Lipinski definition) is 8. The first-order valence-corrected chi connectivity index (χ1v) is 14.2. The second-order valence-electron chi connectivity index (χ2n) is 11.4. The highest BCUT2D eigenvalue weighted by Crippen LogP contribution is 2.41. The quantitative estimate of drug-likeness (QED) is 0.451. The molecule has 5 heterocycles. The minimum absolute atomic E-state index is 0.118. The minimum atomic E-state index is -0.942. The zero-order valence-corrected chi connectivity index (χ0v) is 24.0. The number of ether oxygens (including phenoxy) is 2. The summed E-state index contributed by atoms with van der Waals surface area (Å²) in [5.74, 6) is 0.343. The molecule has 0 aliphatic carbocycles. The SMILES string of the molecule is C=C(F)C(=O)N1CCN(c2nc(OCC3CCCN3C)nc3c2CC(C)=C(c2c(C)ccc4[nH]ncc24)O3)[C@@H](C)C1. The van der Waals surface area contributed by atoms with Crippen LogP contribution < -0.4 is 14.4 Å². The zero-order valence-electron chi connectivity index (χ0n) is 24.0. The lowest BCUT2D eigenvalue weighted by molar-refractivity contribution is -0.129. The molecule has 3 aliphatic rings. The summed E-state index contributed by atoms with van der Waals surface area (Å²) in [7, 11) is 2.11. The van der Waals surface area contributed by atoms with Crippen LogP contribution in [0.2, 0.25) is 0 Å². The number of likely N-dealkylation sites (N-methyl/N-ethyl adjacent to an activating group) is 1. The Kier molecular flexibility index (Phi) is 7.14. The average molecular weight is 562 g/mol. The summed E-state index contributed by atoms with van der Waals surface area (Å²) in [5.41, 5.74) is 4.92. The summed E-state index contributed by atoms with van der Waals surface area (Å²) in [6, 6.07) is 4.53. The van der Waals surface area contributed by atoms with E-state index in [4.69, 9.17) is 19.4 Å². The van der Waals surface area contributed by atoms with Gasteiger partial charge < -0.3 is 24.2 Å². The van der Waals surface area contributed by atoms with Gasteiger partial charge in [-0.15, -0.1) is 0 Å². The monoisotopic (exact) mass is 561 g/mol. The zero-order chi connectivity index (χ0) is 28.8.